The lowest BCUT2D eigenvalue weighted by atomic mass is 10.2. The van der Waals surface area contributed by atoms with E-state index in [1.807, 2.05) is 0 Å². The van der Waals surface area contributed by atoms with Crippen LogP contribution in [0.4, 0.5) is 4.39 Å². The number of halogens is 2. The number of nitrogens with one attached hydrogen (secondary N) is 1. The number of thiophene rings is 1. The third-order valence-corrected chi connectivity index (χ3v) is 3.95. The summed E-state index contributed by atoms with van der Waals surface area (Å²) in [5, 5.41) is 3.27. The van der Waals surface area contributed by atoms with E-state index in [9.17, 15) is 4.39 Å². The second-order valence-electron chi connectivity index (χ2n) is 3.64. The van der Waals surface area contributed by atoms with E-state index in [1.54, 1.807) is 17.5 Å². The smallest absolute Gasteiger partial charge is 0.141 e. The van der Waals surface area contributed by atoms with Crippen LogP contribution in [0.15, 0.2) is 34.4 Å². The van der Waals surface area contributed by atoms with Gasteiger partial charge in [-0.25, -0.2) is 4.39 Å². The summed E-state index contributed by atoms with van der Waals surface area (Å²) in [6, 6.07) is 5.67. The Balaban J connectivity index is 1.73. The molecule has 0 aromatic carbocycles. The van der Waals surface area contributed by atoms with E-state index in [2.05, 4.69) is 38.4 Å². The molecule has 2 aromatic rings. The fourth-order valence-electron chi connectivity index (χ4n) is 1.48. The molecule has 0 spiro atoms. The van der Waals surface area contributed by atoms with Crippen molar-refractivity contribution in [3.63, 3.8) is 0 Å². The first kappa shape index (κ1) is 12.7. The van der Waals surface area contributed by atoms with Crippen molar-refractivity contribution in [2.75, 3.05) is 6.54 Å². The van der Waals surface area contributed by atoms with Gasteiger partial charge in [0.05, 0.1) is 9.98 Å². The lowest BCUT2D eigenvalue weighted by Crippen LogP contribution is -2.16. The van der Waals surface area contributed by atoms with Gasteiger partial charge < -0.3 is 5.32 Å². The van der Waals surface area contributed by atoms with Gasteiger partial charge in [-0.2, -0.15) is 0 Å². The van der Waals surface area contributed by atoms with E-state index in [0.29, 0.717) is 6.54 Å². The first-order valence-electron chi connectivity index (χ1n) is 5.28. The van der Waals surface area contributed by atoms with Gasteiger partial charge in [-0.15, -0.1) is 11.3 Å². The van der Waals surface area contributed by atoms with Gasteiger partial charge in [0, 0.05) is 24.2 Å². The predicted molar refractivity (Wildman–Crippen MR) is 71.6 cm³/mol. The van der Waals surface area contributed by atoms with Crippen molar-refractivity contribution in [2.45, 2.75) is 13.0 Å². The number of hydrogen-bond donors (Lipinski definition) is 1. The normalized spacial score (nSPS) is 10.7. The van der Waals surface area contributed by atoms with Crippen LogP contribution in [0.25, 0.3) is 0 Å². The fourth-order valence-corrected chi connectivity index (χ4v) is 2.97. The molecule has 17 heavy (non-hydrogen) atoms. The molecule has 2 aromatic heterocycles. The zero-order chi connectivity index (χ0) is 12.1. The maximum atomic E-state index is 12.9. The first-order valence-corrected chi connectivity index (χ1v) is 6.89. The van der Waals surface area contributed by atoms with Gasteiger partial charge in [-0.3, -0.25) is 4.98 Å². The second-order valence-corrected chi connectivity index (χ2v) is 6.19. The van der Waals surface area contributed by atoms with E-state index in [-0.39, 0.29) is 5.82 Å². The Labute approximate surface area is 112 Å². The summed E-state index contributed by atoms with van der Waals surface area (Å²) in [6.45, 7) is 1.53. The van der Waals surface area contributed by atoms with Crippen molar-refractivity contribution in [3.8, 4) is 0 Å². The largest absolute Gasteiger partial charge is 0.312 e. The van der Waals surface area contributed by atoms with Crippen molar-refractivity contribution in [3.05, 3.63) is 50.6 Å². The quantitative estimate of drug-likeness (QED) is 0.856. The second kappa shape index (κ2) is 6.23. The highest BCUT2D eigenvalue weighted by atomic mass is 79.9. The van der Waals surface area contributed by atoms with Gasteiger partial charge in [0.2, 0.25) is 0 Å². The molecule has 0 radical (unpaired) electrons. The van der Waals surface area contributed by atoms with Gasteiger partial charge in [0.1, 0.15) is 5.82 Å². The van der Waals surface area contributed by atoms with Crippen molar-refractivity contribution in [1.29, 1.82) is 0 Å². The minimum atomic E-state index is -0.286. The molecule has 0 fully saturated rings. The summed E-state index contributed by atoms with van der Waals surface area (Å²) in [6.07, 6.45) is 3.88. The monoisotopic (exact) mass is 314 g/mol. The van der Waals surface area contributed by atoms with E-state index in [0.717, 1.165) is 22.3 Å². The molecule has 2 nitrogen and oxygen atoms in total. The molecule has 5 heteroatoms. The number of aromatic nitrogens is 1. The predicted octanol–water partition coefficient (Wildman–Crippen LogP) is 3.38. The summed E-state index contributed by atoms with van der Waals surface area (Å²) in [7, 11) is 0. The Morgan fingerprint density at radius 2 is 2.24 bits per heavy atom. The standard InChI is InChI=1S/C12H12BrFN2S/c13-12-2-1-11(17-12)3-4-15-6-9-5-10(14)8-16-7-9/h1-2,5,7-8,15H,3-4,6H2. The van der Waals surface area contributed by atoms with E-state index in [1.165, 1.54) is 17.1 Å². The van der Waals surface area contributed by atoms with Crippen LogP contribution in [0.3, 0.4) is 0 Å². The minimum absolute atomic E-state index is 0.286. The molecule has 0 amide bonds. The van der Waals surface area contributed by atoms with Crippen molar-refractivity contribution in [2.24, 2.45) is 0 Å². The van der Waals surface area contributed by atoms with Crippen molar-refractivity contribution >= 4 is 27.3 Å². The van der Waals surface area contributed by atoms with Crippen LogP contribution < -0.4 is 5.32 Å². The van der Waals surface area contributed by atoms with Gasteiger partial charge in [0.15, 0.2) is 0 Å². The molecule has 0 aliphatic rings. The Hall–Kier alpha value is -0.780. The Bertz CT molecular complexity index is 487. The number of rotatable bonds is 5. The lowest BCUT2D eigenvalue weighted by Gasteiger charge is -2.03. The maximum absolute atomic E-state index is 12.9. The number of nitrogens with zero attached hydrogens (tertiary/aromatic N) is 1. The molecule has 0 atom stereocenters. The van der Waals surface area contributed by atoms with Crippen LogP contribution in [0, 0.1) is 5.82 Å². The van der Waals surface area contributed by atoms with Crippen LogP contribution >= 0.6 is 27.3 Å². The first-order chi connectivity index (χ1) is 8.24. The molecule has 0 aliphatic heterocycles. The van der Waals surface area contributed by atoms with Gasteiger partial charge in [0.25, 0.3) is 0 Å². The highest BCUT2D eigenvalue weighted by Gasteiger charge is 1.98. The molecule has 2 heterocycles. The Morgan fingerprint density at radius 1 is 1.35 bits per heavy atom. The van der Waals surface area contributed by atoms with Crippen LogP contribution in [0.5, 0.6) is 0 Å². The summed E-state index contributed by atoms with van der Waals surface area (Å²) in [4.78, 5) is 5.14. The zero-order valence-corrected chi connectivity index (χ0v) is 11.5. The molecule has 0 unspecified atom stereocenters. The van der Waals surface area contributed by atoms with E-state index in [4.69, 9.17) is 0 Å². The average molecular weight is 315 g/mol. The molecule has 0 saturated heterocycles. The highest BCUT2D eigenvalue weighted by molar-refractivity contribution is 9.11. The maximum Gasteiger partial charge on any atom is 0.141 e. The summed E-state index contributed by atoms with van der Waals surface area (Å²) in [5.41, 5.74) is 0.873. The van der Waals surface area contributed by atoms with Crippen LogP contribution in [-0.4, -0.2) is 11.5 Å². The molecule has 0 aliphatic carbocycles. The van der Waals surface area contributed by atoms with Crippen molar-refractivity contribution in [1.82, 2.24) is 10.3 Å². The van der Waals surface area contributed by atoms with E-state index >= 15 is 0 Å². The number of hydrogen-bond acceptors (Lipinski definition) is 3. The fraction of sp³-hybridized carbons (Fsp3) is 0.250. The van der Waals surface area contributed by atoms with Crippen LogP contribution in [0.2, 0.25) is 0 Å². The van der Waals surface area contributed by atoms with Gasteiger partial charge in [-0.1, -0.05) is 0 Å². The molecule has 2 rings (SSSR count). The molecular weight excluding hydrogens is 303 g/mol. The highest BCUT2D eigenvalue weighted by Crippen LogP contribution is 2.22. The molecular formula is C12H12BrFN2S. The summed E-state index contributed by atoms with van der Waals surface area (Å²) >= 11 is 5.17. The topological polar surface area (TPSA) is 24.9 Å². The molecule has 1 N–H and O–H groups in total. The number of pyridine rings is 1. The van der Waals surface area contributed by atoms with E-state index < -0.39 is 0 Å². The SMILES string of the molecule is Fc1cncc(CNCCc2ccc(Br)s2)c1. The summed E-state index contributed by atoms with van der Waals surface area (Å²) in [5.74, 6) is -0.286. The zero-order valence-electron chi connectivity index (χ0n) is 9.12. The van der Waals surface area contributed by atoms with Crippen molar-refractivity contribution < 1.29 is 4.39 Å². The molecule has 0 saturated carbocycles. The molecule has 90 valence electrons. The Morgan fingerprint density at radius 3 is 2.94 bits per heavy atom. The van der Waals surface area contributed by atoms with Crippen LogP contribution in [-0.2, 0) is 13.0 Å². The van der Waals surface area contributed by atoms with Gasteiger partial charge in [-0.05, 0) is 46.1 Å². The minimum Gasteiger partial charge on any atom is -0.312 e. The third-order valence-electron chi connectivity index (χ3n) is 2.27. The summed E-state index contributed by atoms with van der Waals surface area (Å²) < 4.78 is 14.0. The lowest BCUT2D eigenvalue weighted by molar-refractivity contribution is 0.613. The third kappa shape index (κ3) is 4.18. The van der Waals surface area contributed by atoms with Gasteiger partial charge >= 0.3 is 0 Å². The average Bonchev–Trinajstić information content (AvgIpc) is 2.71. The van der Waals surface area contributed by atoms with Crippen LogP contribution in [0.1, 0.15) is 10.4 Å². The molecule has 0 bridgehead atoms. The Kier molecular flexibility index (Phi) is 4.65.